The Morgan fingerprint density at radius 2 is 1.72 bits per heavy atom. The Kier molecular flexibility index (Phi) is 3.99. The predicted molar refractivity (Wildman–Crippen MR) is 67.2 cm³/mol. The molecule has 0 unspecified atom stereocenters. The van der Waals surface area contributed by atoms with Gasteiger partial charge in [-0.15, -0.1) is 0 Å². The third kappa shape index (κ3) is 2.71. The number of piperidine rings is 1. The first-order valence-electron chi connectivity index (χ1n) is 5.81. The molecule has 18 heavy (non-hydrogen) atoms. The summed E-state index contributed by atoms with van der Waals surface area (Å²) in [6, 6.07) is 7.20. The average molecular weight is 268 g/mol. The van der Waals surface area contributed by atoms with Crippen molar-refractivity contribution in [3.05, 3.63) is 34.9 Å². The van der Waals surface area contributed by atoms with E-state index in [0.29, 0.717) is 17.9 Å². The van der Waals surface area contributed by atoms with Crippen LogP contribution in [0.25, 0.3) is 0 Å². The maximum Gasteiger partial charge on any atom is 0.229 e. The Balaban J connectivity index is 2.12. The zero-order chi connectivity index (χ0) is 13.1. The van der Waals surface area contributed by atoms with Gasteiger partial charge >= 0.3 is 0 Å². The number of carbonyl (C=O) groups excluding carboxylic acids is 2. The highest BCUT2D eigenvalue weighted by Crippen LogP contribution is 2.30. The summed E-state index contributed by atoms with van der Waals surface area (Å²) in [5, 5.41) is 9.44. The molecule has 1 aromatic rings. The number of nitrogens with zero attached hydrogens (tertiary/aromatic N) is 1. The Morgan fingerprint density at radius 3 is 2.22 bits per heavy atom. The highest BCUT2D eigenvalue weighted by atomic mass is 35.5. The van der Waals surface area contributed by atoms with Crippen LogP contribution < -0.4 is 0 Å². The second-order valence-electron chi connectivity index (χ2n) is 4.32. The fourth-order valence-electron chi connectivity index (χ4n) is 2.17. The standard InChI is InChI=1S/C13H14ClNO3/c14-11-3-1-9(2-4-11)10-7-12(17)15(5-6-16)13(18)8-10/h1-4,10,16H,5-8H2. The van der Waals surface area contributed by atoms with E-state index in [9.17, 15) is 9.59 Å². The van der Waals surface area contributed by atoms with Gasteiger partial charge in [0.15, 0.2) is 0 Å². The van der Waals surface area contributed by atoms with Crippen molar-refractivity contribution in [2.45, 2.75) is 18.8 Å². The number of benzene rings is 1. The van der Waals surface area contributed by atoms with Crippen molar-refractivity contribution in [1.29, 1.82) is 0 Å². The summed E-state index contributed by atoms with van der Waals surface area (Å²) < 4.78 is 0. The first-order valence-corrected chi connectivity index (χ1v) is 6.19. The van der Waals surface area contributed by atoms with Crippen molar-refractivity contribution in [2.75, 3.05) is 13.2 Å². The van der Waals surface area contributed by atoms with Gasteiger partial charge in [-0.1, -0.05) is 23.7 Å². The Labute approximate surface area is 110 Å². The number of amides is 2. The number of aliphatic hydroxyl groups is 1. The summed E-state index contributed by atoms with van der Waals surface area (Å²) in [6.07, 6.45) is 0.598. The molecule has 1 saturated heterocycles. The number of likely N-dealkylation sites (tertiary alicyclic amines) is 1. The van der Waals surface area contributed by atoms with Gasteiger partial charge in [-0.05, 0) is 17.7 Å². The molecule has 1 heterocycles. The van der Waals surface area contributed by atoms with Crippen LogP contribution in [-0.2, 0) is 9.59 Å². The van der Waals surface area contributed by atoms with Crippen LogP contribution in [0.4, 0.5) is 0 Å². The minimum atomic E-state index is -0.222. The van der Waals surface area contributed by atoms with Crippen molar-refractivity contribution < 1.29 is 14.7 Å². The lowest BCUT2D eigenvalue weighted by atomic mass is 9.88. The minimum Gasteiger partial charge on any atom is -0.395 e. The van der Waals surface area contributed by atoms with E-state index in [2.05, 4.69) is 0 Å². The van der Waals surface area contributed by atoms with E-state index < -0.39 is 0 Å². The predicted octanol–water partition coefficient (Wildman–Crippen LogP) is 1.56. The van der Waals surface area contributed by atoms with E-state index >= 15 is 0 Å². The summed E-state index contributed by atoms with van der Waals surface area (Å²) in [5.41, 5.74) is 0.949. The average Bonchev–Trinajstić information content (AvgIpc) is 2.34. The first-order chi connectivity index (χ1) is 8.61. The van der Waals surface area contributed by atoms with Gasteiger partial charge in [-0.2, -0.15) is 0 Å². The fourth-order valence-corrected chi connectivity index (χ4v) is 2.30. The highest BCUT2D eigenvalue weighted by molar-refractivity contribution is 6.30. The molecular weight excluding hydrogens is 254 g/mol. The van der Waals surface area contributed by atoms with Gasteiger partial charge in [0.25, 0.3) is 0 Å². The van der Waals surface area contributed by atoms with E-state index in [1.165, 1.54) is 0 Å². The van der Waals surface area contributed by atoms with Gasteiger partial charge in [-0.25, -0.2) is 0 Å². The Hall–Kier alpha value is -1.39. The topological polar surface area (TPSA) is 57.6 Å². The number of imide groups is 1. The summed E-state index contributed by atoms with van der Waals surface area (Å²) >= 11 is 5.80. The van der Waals surface area contributed by atoms with Crippen molar-refractivity contribution in [1.82, 2.24) is 4.90 Å². The minimum absolute atomic E-state index is 0.0859. The molecule has 0 atom stereocenters. The molecule has 5 heteroatoms. The van der Waals surface area contributed by atoms with E-state index in [4.69, 9.17) is 16.7 Å². The third-order valence-corrected chi connectivity index (χ3v) is 3.36. The first kappa shape index (κ1) is 13.1. The van der Waals surface area contributed by atoms with E-state index in [1.54, 1.807) is 12.1 Å². The highest BCUT2D eigenvalue weighted by Gasteiger charge is 2.32. The van der Waals surface area contributed by atoms with E-state index in [-0.39, 0.29) is 30.9 Å². The molecule has 4 nitrogen and oxygen atoms in total. The smallest absolute Gasteiger partial charge is 0.229 e. The summed E-state index contributed by atoms with van der Waals surface area (Å²) in [5.74, 6) is -0.530. The largest absolute Gasteiger partial charge is 0.395 e. The summed E-state index contributed by atoms with van der Waals surface area (Å²) in [4.78, 5) is 24.8. The van der Waals surface area contributed by atoms with Crippen LogP contribution in [0.2, 0.25) is 5.02 Å². The fraction of sp³-hybridized carbons (Fsp3) is 0.385. The Bertz CT molecular complexity index is 440. The van der Waals surface area contributed by atoms with Crippen LogP contribution in [0.3, 0.4) is 0 Å². The third-order valence-electron chi connectivity index (χ3n) is 3.11. The SMILES string of the molecule is O=C1CC(c2ccc(Cl)cc2)CC(=O)N1CCO. The molecule has 96 valence electrons. The Morgan fingerprint density at radius 1 is 1.17 bits per heavy atom. The monoisotopic (exact) mass is 267 g/mol. The van der Waals surface area contributed by atoms with Gasteiger partial charge in [0.05, 0.1) is 13.2 Å². The van der Waals surface area contributed by atoms with Gasteiger partial charge < -0.3 is 5.11 Å². The maximum atomic E-state index is 11.8. The van der Waals surface area contributed by atoms with E-state index in [1.807, 2.05) is 12.1 Å². The lowest BCUT2D eigenvalue weighted by molar-refractivity contribution is -0.149. The molecule has 1 aliphatic heterocycles. The summed E-state index contributed by atoms with van der Waals surface area (Å²) in [6.45, 7) is -0.103. The molecule has 1 aliphatic rings. The lowest BCUT2D eigenvalue weighted by Crippen LogP contribution is -2.44. The van der Waals surface area contributed by atoms with Crippen LogP contribution in [-0.4, -0.2) is 35.0 Å². The molecule has 0 spiro atoms. The van der Waals surface area contributed by atoms with Crippen molar-refractivity contribution in [3.63, 3.8) is 0 Å². The molecular formula is C13H14ClNO3. The number of hydrogen-bond acceptors (Lipinski definition) is 3. The van der Waals surface area contributed by atoms with Gasteiger partial charge in [-0.3, -0.25) is 14.5 Å². The molecule has 1 fully saturated rings. The van der Waals surface area contributed by atoms with Gasteiger partial charge in [0.2, 0.25) is 11.8 Å². The zero-order valence-electron chi connectivity index (χ0n) is 9.80. The number of halogens is 1. The molecule has 2 amide bonds. The van der Waals surface area contributed by atoms with Crippen LogP contribution >= 0.6 is 11.6 Å². The normalized spacial score (nSPS) is 17.3. The molecule has 1 N–H and O–H groups in total. The van der Waals surface area contributed by atoms with Crippen molar-refractivity contribution in [2.24, 2.45) is 0 Å². The second kappa shape index (κ2) is 5.50. The molecule has 0 bridgehead atoms. The number of β-amino-alcohol motifs (C(OH)–C–C–N with tert-alkyl or cyclic N) is 1. The van der Waals surface area contributed by atoms with Crippen molar-refractivity contribution >= 4 is 23.4 Å². The molecule has 1 aromatic carbocycles. The zero-order valence-corrected chi connectivity index (χ0v) is 10.6. The number of rotatable bonds is 3. The van der Waals surface area contributed by atoms with Gasteiger partial charge in [0, 0.05) is 23.8 Å². The summed E-state index contributed by atoms with van der Waals surface area (Å²) in [7, 11) is 0. The van der Waals surface area contributed by atoms with Gasteiger partial charge in [0.1, 0.15) is 0 Å². The van der Waals surface area contributed by atoms with E-state index in [0.717, 1.165) is 10.5 Å². The molecule has 0 saturated carbocycles. The van der Waals surface area contributed by atoms with Crippen molar-refractivity contribution in [3.8, 4) is 0 Å². The lowest BCUT2D eigenvalue weighted by Gasteiger charge is -2.29. The van der Waals surface area contributed by atoms with Crippen LogP contribution in [0, 0.1) is 0 Å². The number of carbonyl (C=O) groups is 2. The number of aliphatic hydroxyl groups excluding tert-OH is 1. The number of hydrogen-bond donors (Lipinski definition) is 1. The molecule has 0 aliphatic carbocycles. The second-order valence-corrected chi connectivity index (χ2v) is 4.76. The molecule has 0 radical (unpaired) electrons. The van der Waals surface area contributed by atoms with Crippen LogP contribution in [0.15, 0.2) is 24.3 Å². The van der Waals surface area contributed by atoms with Crippen LogP contribution in [0.1, 0.15) is 24.3 Å². The molecule has 0 aromatic heterocycles. The van der Waals surface area contributed by atoms with Crippen LogP contribution in [0.5, 0.6) is 0 Å². The quantitative estimate of drug-likeness (QED) is 0.846. The maximum absolute atomic E-state index is 11.8. The molecule has 2 rings (SSSR count).